The Hall–Kier alpha value is -1.63. The van der Waals surface area contributed by atoms with E-state index in [1.54, 1.807) is 6.92 Å². The predicted molar refractivity (Wildman–Crippen MR) is 65.8 cm³/mol. The number of carbonyl (C=O) groups is 3. The second-order valence-electron chi connectivity index (χ2n) is 4.20. The summed E-state index contributed by atoms with van der Waals surface area (Å²) in [6.07, 6.45) is 0. The van der Waals surface area contributed by atoms with Crippen molar-refractivity contribution in [1.82, 2.24) is 16.0 Å². The summed E-state index contributed by atoms with van der Waals surface area (Å²) in [6, 6.07) is -1.87. The van der Waals surface area contributed by atoms with E-state index in [-0.39, 0.29) is 5.92 Å². The fourth-order valence-corrected chi connectivity index (χ4v) is 1.29. The van der Waals surface area contributed by atoms with Gasteiger partial charge in [0.2, 0.25) is 5.91 Å². The molecule has 0 aliphatic carbocycles. The maximum atomic E-state index is 11.6. The normalized spacial score (nSPS) is 13.7. The molecule has 2 unspecified atom stereocenters. The Morgan fingerprint density at radius 1 is 1.11 bits per heavy atom. The fraction of sp³-hybridized carbons (Fsp3) is 0.727. The van der Waals surface area contributed by atoms with Gasteiger partial charge in [0.25, 0.3) is 0 Å². The van der Waals surface area contributed by atoms with Crippen LogP contribution in [0.1, 0.15) is 20.8 Å². The summed E-state index contributed by atoms with van der Waals surface area (Å²) in [5.41, 5.74) is 0. The van der Waals surface area contributed by atoms with Crippen LogP contribution in [0, 0.1) is 5.92 Å². The summed E-state index contributed by atoms with van der Waals surface area (Å²) in [7, 11) is 2.70. The van der Waals surface area contributed by atoms with Crippen molar-refractivity contribution in [2.75, 3.05) is 14.2 Å². The maximum absolute atomic E-state index is 11.6. The molecule has 0 aromatic rings. The van der Waals surface area contributed by atoms with E-state index in [1.807, 2.05) is 13.8 Å². The van der Waals surface area contributed by atoms with Crippen LogP contribution in [0.2, 0.25) is 0 Å². The molecule has 7 heteroatoms. The lowest BCUT2D eigenvalue weighted by molar-refractivity contribution is -0.144. The number of urea groups is 1. The number of amides is 3. The van der Waals surface area contributed by atoms with Gasteiger partial charge in [-0.05, 0) is 12.8 Å². The average Bonchev–Trinajstić information content (AvgIpc) is 2.33. The van der Waals surface area contributed by atoms with Gasteiger partial charge in [-0.1, -0.05) is 13.8 Å². The molecule has 0 saturated carbocycles. The number of methoxy groups -OCH3 is 1. The Labute approximate surface area is 107 Å². The van der Waals surface area contributed by atoms with Crippen molar-refractivity contribution in [2.24, 2.45) is 5.92 Å². The third kappa shape index (κ3) is 5.13. The minimum Gasteiger partial charge on any atom is -0.468 e. The molecule has 0 bridgehead atoms. The van der Waals surface area contributed by atoms with Crippen molar-refractivity contribution in [3.05, 3.63) is 0 Å². The maximum Gasteiger partial charge on any atom is 0.323 e. The molecule has 0 aromatic heterocycles. The highest BCUT2D eigenvalue weighted by Gasteiger charge is 2.27. The molecule has 0 fully saturated rings. The van der Waals surface area contributed by atoms with Crippen LogP contribution in [-0.2, 0) is 14.3 Å². The van der Waals surface area contributed by atoms with E-state index in [0.29, 0.717) is 0 Å². The van der Waals surface area contributed by atoms with Gasteiger partial charge in [-0.3, -0.25) is 20.2 Å². The zero-order valence-corrected chi connectivity index (χ0v) is 11.4. The van der Waals surface area contributed by atoms with Crippen LogP contribution in [-0.4, -0.2) is 44.1 Å². The van der Waals surface area contributed by atoms with Gasteiger partial charge in [-0.25, -0.2) is 4.79 Å². The number of rotatable bonds is 5. The van der Waals surface area contributed by atoms with Gasteiger partial charge >= 0.3 is 12.0 Å². The number of imide groups is 1. The Bertz CT molecular complexity index is 317. The van der Waals surface area contributed by atoms with Crippen LogP contribution in [0.5, 0.6) is 0 Å². The Kier molecular flexibility index (Phi) is 6.96. The molecule has 0 radical (unpaired) electrons. The predicted octanol–water partition coefficient (Wildman–Crippen LogP) is -0.382. The monoisotopic (exact) mass is 259 g/mol. The zero-order valence-electron chi connectivity index (χ0n) is 11.4. The van der Waals surface area contributed by atoms with Crippen LogP contribution in [0.15, 0.2) is 0 Å². The first-order valence-electron chi connectivity index (χ1n) is 5.69. The van der Waals surface area contributed by atoms with Crippen LogP contribution in [0.3, 0.4) is 0 Å². The SMILES string of the molecule is CNC(=O)NC(=O)C(C)NC(C(=O)OC)C(C)C. The lowest BCUT2D eigenvalue weighted by atomic mass is 10.0. The molecule has 0 aromatic carbocycles. The third-order valence-electron chi connectivity index (χ3n) is 2.41. The number of hydrogen-bond acceptors (Lipinski definition) is 5. The van der Waals surface area contributed by atoms with Crippen LogP contribution >= 0.6 is 0 Å². The number of esters is 1. The Balaban J connectivity index is 4.50. The molecule has 0 rings (SSSR count). The molecule has 0 aliphatic rings. The van der Waals surface area contributed by atoms with Crippen molar-refractivity contribution in [3.8, 4) is 0 Å². The minimum absolute atomic E-state index is 0.0345. The van der Waals surface area contributed by atoms with Crippen molar-refractivity contribution in [1.29, 1.82) is 0 Å². The van der Waals surface area contributed by atoms with Crippen LogP contribution in [0.4, 0.5) is 4.79 Å². The highest BCUT2D eigenvalue weighted by Crippen LogP contribution is 2.04. The molecular weight excluding hydrogens is 238 g/mol. The third-order valence-corrected chi connectivity index (χ3v) is 2.41. The highest BCUT2D eigenvalue weighted by atomic mass is 16.5. The van der Waals surface area contributed by atoms with Crippen molar-refractivity contribution in [3.63, 3.8) is 0 Å². The summed E-state index contributed by atoms with van der Waals surface area (Å²) in [4.78, 5) is 34.1. The van der Waals surface area contributed by atoms with E-state index in [2.05, 4.69) is 20.7 Å². The molecular formula is C11H21N3O4. The zero-order chi connectivity index (χ0) is 14.3. The summed E-state index contributed by atoms with van der Waals surface area (Å²) < 4.78 is 4.64. The van der Waals surface area contributed by atoms with Crippen molar-refractivity contribution in [2.45, 2.75) is 32.9 Å². The summed E-state index contributed by atoms with van der Waals surface area (Å²) in [5, 5.41) is 7.23. The summed E-state index contributed by atoms with van der Waals surface area (Å²) in [6.45, 7) is 5.23. The van der Waals surface area contributed by atoms with E-state index >= 15 is 0 Å². The van der Waals surface area contributed by atoms with Crippen LogP contribution in [0.25, 0.3) is 0 Å². The number of nitrogens with one attached hydrogen (secondary N) is 3. The molecule has 3 N–H and O–H groups in total. The van der Waals surface area contributed by atoms with Gasteiger partial charge in [0.05, 0.1) is 13.2 Å². The van der Waals surface area contributed by atoms with Gasteiger partial charge in [-0.15, -0.1) is 0 Å². The van der Waals surface area contributed by atoms with E-state index in [0.717, 1.165) is 0 Å². The lowest BCUT2D eigenvalue weighted by Crippen LogP contribution is -2.53. The molecule has 3 amide bonds. The summed E-state index contributed by atoms with van der Waals surface area (Å²) >= 11 is 0. The first-order valence-corrected chi connectivity index (χ1v) is 5.69. The van der Waals surface area contributed by atoms with E-state index < -0.39 is 30.0 Å². The smallest absolute Gasteiger partial charge is 0.323 e. The van der Waals surface area contributed by atoms with E-state index in [1.165, 1.54) is 14.2 Å². The minimum atomic E-state index is -0.686. The number of hydrogen-bond donors (Lipinski definition) is 3. The lowest BCUT2D eigenvalue weighted by Gasteiger charge is -2.23. The van der Waals surface area contributed by atoms with Gasteiger partial charge < -0.3 is 10.1 Å². The molecule has 104 valence electrons. The second kappa shape index (κ2) is 7.65. The molecule has 0 aliphatic heterocycles. The van der Waals surface area contributed by atoms with Gasteiger partial charge in [0.15, 0.2) is 0 Å². The fourth-order valence-electron chi connectivity index (χ4n) is 1.29. The standard InChI is InChI=1S/C11H21N3O4/c1-6(2)8(10(16)18-5)13-7(3)9(15)14-11(17)12-4/h6-8,13H,1-5H3,(H2,12,14,15,17). The Morgan fingerprint density at radius 2 is 1.67 bits per heavy atom. The average molecular weight is 259 g/mol. The van der Waals surface area contributed by atoms with E-state index in [4.69, 9.17) is 0 Å². The van der Waals surface area contributed by atoms with Gasteiger partial charge in [0, 0.05) is 7.05 Å². The van der Waals surface area contributed by atoms with Crippen molar-refractivity contribution >= 4 is 17.9 Å². The number of carbonyl (C=O) groups excluding carboxylic acids is 3. The second-order valence-corrected chi connectivity index (χ2v) is 4.20. The van der Waals surface area contributed by atoms with Gasteiger partial charge in [-0.2, -0.15) is 0 Å². The molecule has 0 heterocycles. The molecule has 0 spiro atoms. The topological polar surface area (TPSA) is 96.5 Å². The van der Waals surface area contributed by atoms with Gasteiger partial charge in [0.1, 0.15) is 6.04 Å². The number of ether oxygens (including phenoxy) is 1. The Morgan fingerprint density at radius 3 is 2.06 bits per heavy atom. The first kappa shape index (κ1) is 16.4. The molecule has 0 saturated heterocycles. The molecule has 2 atom stereocenters. The molecule has 18 heavy (non-hydrogen) atoms. The summed E-state index contributed by atoms with van der Waals surface area (Å²) in [5.74, 6) is -0.985. The van der Waals surface area contributed by atoms with E-state index in [9.17, 15) is 14.4 Å². The van der Waals surface area contributed by atoms with Crippen molar-refractivity contribution < 1.29 is 19.1 Å². The largest absolute Gasteiger partial charge is 0.468 e. The van der Waals surface area contributed by atoms with Crippen LogP contribution < -0.4 is 16.0 Å². The quantitative estimate of drug-likeness (QED) is 0.585. The first-order chi connectivity index (χ1) is 8.33. The highest BCUT2D eigenvalue weighted by molar-refractivity contribution is 5.96. The molecule has 7 nitrogen and oxygen atoms in total.